The van der Waals surface area contributed by atoms with Crippen molar-refractivity contribution >= 4 is 0 Å². The van der Waals surface area contributed by atoms with Crippen LogP contribution in [0.3, 0.4) is 0 Å². The van der Waals surface area contributed by atoms with E-state index in [1.165, 1.54) is 0 Å². The van der Waals surface area contributed by atoms with Crippen molar-refractivity contribution in [2.24, 2.45) is 0 Å². The van der Waals surface area contributed by atoms with Crippen molar-refractivity contribution in [2.45, 2.75) is 19.8 Å². The third-order valence-electron chi connectivity index (χ3n) is 1.09. The maximum atomic E-state index is 3.12. The third kappa shape index (κ3) is 1.77. The molecule has 0 heteroatoms. The monoisotopic (exact) mass is 117 g/mol. The van der Waals surface area contributed by atoms with E-state index >= 15 is 0 Å². The molecule has 0 nitrogen and oxygen atoms in total. The summed E-state index contributed by atoms with van der Waals surface area (Å²) in [6.45, 7) is 2.05. The highest BCUT2D eigenvalue weighted by Crippen LogP contribution is 2.05. The average molecular weight is 117 g/mol. The zero-order valence-corrected chi connectivity index (χ0v) is 5.57. The molecule has 0 saturated heterocycles. The Morgan fingerprint density at radius 1 is 1.78 bits per heavy atom. The lowest BCUT2D eigenvalue weighted by molar-refractivity contribution is 1.28. The SMILES string of the molecule is CCC#CC1=[C]CC=C1. The predicted molar refractivity (Wildman–Crippen MR) is 38.6 cm³/mol. The Morgan fingerprint density at radius 3 is 3.22 bits per heavy atom. The molecule has 0 saturated carbocycles. The quantitative estimate of drug-likeness (QED) is 0.426. The van der Waals surface area contributed by atoms with Crippen molar-refractivity contribution < 1.29 is 0 Å². The van der Waals surface area contributed by atoms with E-state index in [-0.39, 0.29) is 0 Å². The van der Waals surface area contributed by atoms with Crippen LogP contribution < -0.4 is 0 Å². The summed E-state index contributed by atoms with van der Waals surface area (Å²) in [5, 5.41) is 0. The molecule has 9 heavy (non-hydrogen) atoms. The lowest BCUT2D eigenvalue weighted by Crippen LogP contribution is -1.64. The highest BCUT2D eigenvalue weighted by Gasteiger charge is 1.90. The highest BCUT2D eigenvalue weighted by molar-refractivity contribution is 5.39. The van der Waals surface area contributed by atoms with Gasteiger partial charge in [-0.25, -0.2) is 0 Å². The van der Waals surface area contributed by atoms with Gasteiger partial charge >= 0.3 is 0 Å². The van der Waals surface area contributed by atoms with Gasteiger partial charge in [0.15, 0.2) is 0 Å². The van der Waals surface area contributed by atoms with Gasteiger partial charge in [-0.2, -0.15) is 0 Å². The first-order valence-electron chi connectivity index (χ1n) is 3.19. The van der Waals surface area contributed by atoms with E-state index in [9.17, 15) is 0 Å². The van der Waals surface area contributed by atoms with Crippen molar-refractivity contribution in [1.82, 2.24) is 0 Å². The molecule has 1 aliphatic carbocycles. The molecule has 45 valence electrons. The zero-order chi connectivity index (χ0) is 6.53. The Balaban J connectivity index is 2.53. The van der Waals surface area contributed by atoms with Crippen LogP contribution in [0.25, 0.3) is 0 Å². The summed E-state index contributed by atoms with van der Waals surface area (Å²) in [4.78, 5) is 0. The maximum Gasteiger partial charge on any atom is 0.0280 e. The topological polar surface area (TPSA) is 0 Å². The van der Waals surface area contributed by atoms with Crippen LogP contribution >= 0.6 is 0 Å². The summed E-state index contributed by atoms with van der Waals surface area (Å²) in [6.07, 6.45) is 9.08. The molecule has 1 radical (unpaired) electrons. The van der Waals surface area contributed by atoms with Crippen molar-refractivity contribution in [3.63, 3.8) is 0 Å². The summed E-state index contributed by atoms with van der Waals surface area (Å²) >= 11 is 0. The molecular weight excluding hydrogens is 108 g/mol. The van der Waals surface area contributed by atoms with E-state index in [0.717, 1.165) is 18.4 Å². The van der Waals surface area contributed by atoms with Crippen LogP contribution in [-0.2, 0) is 0 Å². The van der Waals surface area contributed by atoms with Crippen molar-refractivity contribution in [3.05, 3.63) is 23.8 Å². The third-order valence-corrected chi connectivity index (χ3v) is 1.09. The zero-order valence-electron chi connectivity index (χ0n) is 5.57. The largest absolute Gasteiger partial charge is 0.0982 e. The Bertz CT molecular complexity index is 196. The van der Waals surface area contributed by atoms with E-state index in [2.05, 4.69) is 24.0 Å². The molecule has 0 spiro atoms. The van der Waals surface area contributed by atoms with Gasteiger partial charge in [-0.15, -0.1) is 0 Å². The van der Waals surface area contributed by atoms with Gasteiger partial charge in [0.2, 0.25) is 0 Å². The normalized spacial score (nSPS) is 14.6. The van der Waals surface area contributed by atoms with Gasteiger partial charge in [-0.05, 0) is 18.6 Å². The molecule has 0 aromatic heterocycles. The molecule has 1 rings (SSSR count). The van der Waals surface area contributed by atoms with Gasteiger partial charge in [0.1, 0.15) is 0 Å². The molecule has 0 aliphatic heterocycles. The summed E-state index contributed by atoms with van der Waals surface area (Å²) in [7, 11) is 0. The standard InChI is InChI=1S/C9H9/c1-2-3-6-9-7-4-5-8-9/h4,7H,2,5H2,1H3. The number of allylic oxidation sites excluding steroid dienone is 4. The first kappa shape index (κ1) is 6.16. The maximum absolute atomic E-state index is 3.12. The second-order valence-electron chi connectivity index (χ2n) is 1.85. The summed E-state index contributed by atoms with van der Waals surface area (Å²) < 4.78 is 0. The van der Waals surface area contributed by atoms with Gasteiger partial charge in [0, 0.05) is 12.0 Å². The van der Waals surface area contributed by atoms with Crippen LogP contribution in [0.4, 0.5) is 0 Å². The molecule has 0 aromatic carbocycles. The van der Waals surface area contributed by atoms with E-state index in [0.29, 0.717) is 0 Å². The molecule has 0 unspecified atom stereocenters. The molecule has 0 aromatic rings. The average Bonchev–Trinajstić information content (AvgIpc) is 2.34. The lowest BCUT2D eigenvalue weighted by Gasteiger charge is -1.76. The first-order chi connectivity index (χ1) is 4.43. The van der Waals surface area contributed by atoms with Gasteiger partial charge in [0.25, 0.3) is 0 Å². The van der Waals surface area contributed by atoms with Gasteiger partial charge < -0.3 is 0 Å². The van der Waals surface area contributed by atoms with Crippen LogP contribution in [-0.4, -0.2) is 0 Å². The fraction of sp³-hybridized carbons (Fsp3) is 0.333. The van der Waals surface area contributed by atoms with Crippen LogP contribution in [0.2, 0.25) is 0 Å². The van der Waals surface area contributed by atoms with Gasteiger partial charge in [-0.3, -0.25) is 0 Å². The summed E-state index contributed by atoms with van der Waals surface area (Å²) in [6, 6.07) is 0. The highest BCUT2D eigenvalue weighted by atomic mass is 13.9. The molecular formula is C9H9. The minimum Gasteiger partial charge on any atom is -0.0982 e. The van der Waals surface area contributed by atoms with Crippen LogP contribution in [0.15, 0.2) is 17.7 Å². The molecule has 0 bridgehead atoms. The molecule has 0 amide bonds. The molecule has 0 heterocycles. The second kappa shape index (κ2) is 3.14. The second-order valence-corrected chi connectivity index (χ2v) is 1.85. The van der Waals surface area contributed by atoms with E-state index < -0.39 is 0 Å². The Morgan fingerprint density at radius 2 is 2.67 bits per heavy atom. The van der Waals surface area contributed by atoms with Gasteiger partial charge in [0.05, 0.1) is 0 Å². The first-order valence-corrected chi connectivity index (χ1v) is 3.19. The van der Waals surface area contributed by atoms with E-state index in [1.54, 1.807) is 0 Å². The molecule has 0 fully saturated rings. The summed E-state index contributed by atoms with van der Waals surface area (Å²) in [5.41, 5.74) is 1.05. The Kier molecular flexibility index (Phi) is 2.15. The minimum absolute atomic E-state index is 0.930. The van der Waals surface area contributed by atoms with Crippen LogP contribution in [0.5, 0.6) is 0 Å². The smallest absolute Gasteiger partial charge is 0.0280 e. The van der Waals surface area contributed by atoms with E-state index in [4.69, 9.17) is 0 Å². The Labute approximate surface area is 56.3 Å². The fourth-order valence-corrected chi connectivity index (χ4v) is 0.674. The van der Waals surface area contributed by atoms with Crippen LogP contribution in [0, 0.1) is 17.9 Å². The van der Waals surface area contributed by atoms with Gasteiger partial charge in [-0.1, -0.05) is 24.8 Å². The fourth-order valence-electron chi connectivity index (χ4n) is 0.674. The van der Waals surface area contributed by atoms with Crippen LogP contribution in [0.1, 0.15) is 19.8 Å². The minimum atomic E-state index is 0.930. The van der Waals surface area contributed by atoms with Crippen molar-refractivity contribution in [2.75, 3.05) is 0 Å². The van der Waals surface area contributed by atoms with E-state index in [1.807, 2.05) is 13.0 Å². The summed E-state index contributed by atoms with van der Waals surface area (Å²) in [5.74, 6) is 5.99. The number of hydrogen-bond acceptors (Lipinski definition) is 0. The number of hydrogen-bond donors (Lipinski definition) is 0. The molecule has 0 atom stereocenters. The molecule has 1 aliphatic rings. The van der Waals surface area contributed by atoms with Crippen molar-refractivity contribution in [1.29, 1.82) is 0 Å². The lowest BCUT2D eigenvalue weighted by atomic mass is 10.3. The molecule has 0 N–H and O–H groups in total. The Hall–Kier alpha value is -0.960. The number of rotatable bonds is 0. The van der Waals surface area contributed by atoms with Crippen molar-refractivity contribution in [3.8, 4) is 11.8 Å². The predicted octanol–water partition coefficient (Wildman–Crippen LogP) is 2.09.